The molecule has 1 saturated heterocycles. The number of nitrogens with zero attached hydrogens (tertiary/aromatic N) is 3. The van der Waals surface area contributed by atoms with Gasteiger partial charge in [0, 0.05) is 25.4 Å². The van der Waals surface area contributed by atoms with Crippen molar-refractivity contribution in [1.29, 1.82) is 0 Å². The lowest BCUT2D eigenvalue weighted by molar-refractivity contribution is 0.190. The number of piperazine rings is 1. The lowest BCUT2D eigenvalue weighted by atomic mass is 10.1. The van der Waals surface area contributed by atoms with E-state index in [4.69, 9.17) is 9.51 Å². The van der Waals surface area contributed by atoms with Gasteiger partial charge < -0.3 is 9.84 Å². The monoisotopic (exact) mass is 346 g/mol. The third kappa shape index (κ3) is 4.18. The van der Waals surface area contributed by atoms with E-state index in [0.29, 0.717) is 5.92 Å². The van der Waals surface area contributed by atoms with Crippen molar-refractivity contribution < 1.29 is 4.52 Å². The Hall–Kier alpha value is -1.37. The average molecular weight is 347 g/mol. The molecule has 1 fully saturated rings. The van der Waals surface area contributed by atoms with E-state index in [0.717, 1.165) is 37.1 Å². The van der Waals surface area contributed by atoms with Crippen LogP contribution in [0.25, 0.3) is 0 Å². The molecule has 1 aromatic heterocycles. The van der Waals surface area contributed by atoms with Crippen molar-refractivity contribution in [3.8, 4) is 0 Å². The van der Waals surface area contributed by atoms with E-state index in [1.807, 2.05) is 17.8 Å². The van der Waals surface area contributed by atoms with Gasteiger partial charge >= 0.3 is 0 Å². The molecule has 1 aliphatic rings. The maximum atomic E-state index is 5.64. The standard InChI is InChI=1S/C18H26N4OS/c1-13(2)16(24-12-14-7-5-4-6-8-14)18-20-17(21-23-18)15-11-19-9-10-22(15)3/h4-8,13,15-16,19H,9-12H2,1-3H3. The minimum atomic E-state index is 0.197. The first-order valence-corrected chi connectivity index (χ1v) is 9.60. The number of hydrogen-bond acceptors (Lipinski definition) is 6. The first kappa shape index (κ1) is 17.5. The summed E-state index contributed by atoms with van der Waals surface area (Å²) in [7, 11) is 2.12. The van der Waals surface area contributed by atoms with Gasteiger partial charge in [0.25, 0.3) is 0 Å². The Labute approximate surface area is 148 Å². The maximum Gasteiger partial charge on any atom is 0.240 e. The first-order valence-electron chi connectivity index (χ1n) is 8.55. The molecule has 0 radical (unpaired) electrons. The lowest BCUT2D eigenvalue weighted by Gasteiger charge is -2.30. The Balaban J connectivity index is 1.70. The second-order valence-electron chi connectivity index (χ2n) is 6.65. The van der Waals surface area contributed by atoms with Gasteiger partial charge in [-0.05, 0) is 18.5 Å². The zero-order valence-electron chi connectivity index (χ0n) is 14.6. The topological polar surface area (TPSA) is 54.2 Å². The van der Waals surface area contributed by atoms with Gasteiger partial charge in [-0.3, -0.25) is 4.90 Å². The van der Waals surface area contributed by atoms with Crippen molar-refractivity contribution in [3.05, 3.63) is 47.6 Å². The second-order valence-corrected chi connectivity index (χ2v) is 7.78. The van der Waals surface area contributed by atoms with Gasteiger partial charge in [-0.2, -0.15) is 4.98 Å². The molecule has 5 nitrogen and oxygen atoms in total. The van der Waals surface area contributed by atoms with Crippen LogP contribution in [0.1, 0.15) is 42.4 Å². The summed E-state index contributed by atoms with van der Waals surface area (Å²) in [5.74, 6) is 2.94. The molecule has 6 heteroatoms. The molecule has 0 amide bonds. The number of hydrogen-bond donors (Lipinski definition) is 1. The molecule has 2 atom stereocenters. The highest BCUT2D eigenvalue weighted by Crippen LogP contribution is 2.37. The number of aromatic nitrogens is 2. The van der Waals surface area contributed by atoms with Crippen LogP contribution in [0.2, 0.25) is 0 Å². The average Bonchev–Trinajstić information content (AvgIpc) is 3.05. The van der Waals surface area contributed by atoms with Gasteiger partial charge in [0.15, 0.2) is 5.82 Å². The smallest absolute Gasteiger partial charge is 0.240 e. The highest BCUT2D eigenvalue weighted by Gasteiger charge is 2.28. The minimum Gasteiger partial charge on any atom is -0.338 e. The normalized spacial score (nSPS) is 20.4. The molecule has 3 rings (SSSR count). The Bertz CT molecular complexity index is 631. The van der Waals surface area contributed by atoms with Crippen LogP contribution < -0.4 is 5.32 Å². The van der Waals surface area contributed by atoms with Crippen LogP contribution in [0.4, 0.5) is 0 Å². The van der Waals surface area contributed by atoms with Crippen molar-refractivity contribution in [2.75, 3.05) is 26.7 Å². The summed E-state index contributed by atoms with van der Waals surface area (Å²) in [5.41, 5.74) is 1.32. The van der Waals surface area contributed by atoms with Gasteiger partial charge in [-0.25, -0.2) is 0 Å². The van der Waals surface area contributed by atoms with Crippen LogP contribution in [-0.4, -0.2) is 41.7 Å². The molecule has 0 spiro atoms. The zero-order valence-corrected chi connectivity index (χ0v) is 15.4. The van der Waals surface area contributed by atoms with Crippen molar-refractivity contribution in [2.24, 2.45) is 5.92 Å². The van der Waals surface area contributed by atoms with E-state index >= 15 is 0 Å². The fourth-order valence-electron chi connectivity index (χ4n) is 2.90. The molecule has 2 heterocycles. The number of rotatable bonds is 6. The van der Waals surface area contributed by atoms with Crippen LogP contribution in [-0.2, 0) is 5.75 Å². The van der Waals surface area contributed by atoms with Crippen LogP contribution in [0.5, 0.6) is 0 Å². The van der Waals surface area contributed by atoms with Gasteiger partial charge in [0.05, 0.1) is 11.3 Å². The predicted octanol–water partition coefficient (Wildman–Crippen LogP) is 3.28. The second kappa shape index (κ2) is 8.14. The van der Waals surface area contributed by atoms with Crippen LogP contribution in [0, 0.1) is 5.92 Å². The largest absolute Gasteiger partial charge is 0.338 e. The van der Waals surface area contributed by atoms with E-state index in [9.17, 15) is 0 Å². The number of nitrogens with one attached hydrogen (secondary N) is 1. The summed E-state index contributed by atoms with van der Waals surface area (Å²) in [6, 6.07) is 10.7. The summed E-state index contributed by atoms with van der Waals surface area (Å²) < 4.78 is 5.64. The van der Waals surface area contributed by atoms with E-state index in [1.54, 1.807) is 0 Å². The number of benzene rings is 1. The quantitative estimate of drug-likeness (QED) is 0.866. The molecule has 2 aromatic rings. The van der Waals surface area contributed by atoms with Crippen molar-refractivity contribution in [1.82, 2.24) is 20.4 Å². The van der Waals surface area contributed by atoms with Gasteiger partial charge in [-0.15, -0.1) is 11.8 Å². The van der Waals surface area contributed by atoms with Crippen LogP contribution in [0.15, 0.2) is 34.9 Å². The highest BCUT2D eigenvalue weighted by atomic mass is 32.2. The molecule has 0 bridgehead atoms. The summed E-state index contributed by atoms with van der Waals surface area (Å²) in [6.07, 6.45) is 0. The van der Waals surface area contributed by atoms with Crippen molar-refractivity contribution >= 4 is 11.8 Å². The summed E-state index contributed by atoms with van der Waals surface area (Å²) >= 11 is 1.87. The molecule has 0 aliphatic carbocycles. The number of thioether (sulfide) groups is 1. The highest BCUT2D eigenvalue weighted by molar-refractivity contribution is 7.98. The summed E-state index contributed by atoms with van der Waals surface area (Å²) in [4.78, 5) is 7.02. The Morgan fingerprint density at radius 3 is 2.83 bits per heavy atom. The lowest BCUT2D eigenvalue weighted by Crippen LogP contribution is -2.44. The van der Waals surface area contributed by atoms with Gasteiger partial charge in [0.2, 0.25) is 5.89 Å². The summed E-state index contributed by atoms with van der Waals surface area (Å²) in [6.45, 7) is 7.31. The van der Waals surface area contributed by atoms with Crippen LogP contribution in [0.3, 0.4) is 0 Å². The van der Waals surface area contributed by atoms with Gasteiger partial charge in [0.1, 0.15) is 0 Å². The molecule has 24 heavy (non-hydrogen) atoms. The maximum absolute atomic E-state index is 5.64. The molecule has 0 saturated carbocycles. The van der Waals surface area contributed by atoms with Crippen LogP contribution >= 0.6 is 11.8 Å². The minimum absolute atomic E-state index is 0.197. The third-order valence-corrected chi connectivity index (χ3v) is 5.99. The Morgan fingerprint density at radius 1 is 1.33 bits per heavy atom. The number of likely N-dealkylation sites (N-methyl/N-ethyl adjacent to an activating group) is 1. The molecular weight excluding hydrogens is 320 g/mol. The van der Waals surface area contributed by atoms with E-state index in [1.165, 1.54) is 5.56 Å². The fraction of sp³-hybridized carbons (Fsp3) is 0.556. The summed E-state index contributed by atoms with van der Waals surface area (Å²) in [5, 5.41) is 7.89. The fourth-order valence-corrected chi connectivity index (χ4v) is 4.09. The van der Waals surface area contributed by atoms with E-state index in [2.05, 4.69) is 60.5 Å². The van der Waals surface area contributed by atoms with Crippen molar-refractivity contribution in [2.45, 2.75) is 30.9 Å². The SMILES string of the molecule is CC(C)C(SCc1ccccc1)c1nc(C2CNCCN2C)no1. The third-order valence-electron chi connectivity index (χ3n) is 4.39. The molecular formula is C18H26N4OS. The predicted molar refractivity (Wildman–Crippen MR) is 97.9 cm³/mol. The van der Waals surface area contributed by atoms with Gasteiger partial charge in [-0.1, -0.05) is 49.3 Å². The Morgan fingerprint density at radius 2 is 2.12 bits per heavy atom. The molecule has 1 aromatic carbocycles. The molecule has 130 valence electrons. The first-order chi connectivity index (χ1) is 11.6. The Kier molecular flexibility index (Phi) is 5.92. The molecule has 2 unspecified atom stereocenters. The van der Waals surface area contributed by atoms with E-state index in [-0.39, 0.29) is 11.3 Å². The zero-order chi connectivity index (χ0) is 16.9. The van der Waals surface area contributed by atoms with E-state index < -0.39 is 0 Å². The molecule has 1 aliphatic heterocycles. The molecule has 1 N–H and O–H groups in total. The van der Waals surface area contributed by atoms with Crippen molar-refractivity contribution in [3.63, 3.8) is 0 Å².